The summed E-state index contributed by atoms with van der Waals surface area (Å²) in [4.78, 5) is 56.9. The molecule has 38 heavy (non-hydrogen) atoms. The van der Waals surface area contributed by atoms with E-state index in [4.69, 9.17) is 4.74 Å². The molecule has 4 unspecified atom stereocenters. The standard InChI is InChI=1S/C28H29N3O6S/c1-37-26(34)17-10-8-16(9-11-17)23-21-22(25(33)31(24(21)32)12-5-13-38-2)28(30-23,27(35)36)14-18-15-29-20-7-4-3-6-19(18)20/h3-4,6-11,15,21-23,29-30H,5,12-14H2,1-2H3,(H,35,36). The van der Waals surface area contributed by atoms with Gasteiger partial charge in [-0.15, -0.1) is 0 Å². The number of carboxylic acid groups (broad SMARTS) is 1. The monoisotopic (exact) mass is 535 g/mol. The van der Waals surface area contributed by atoms with Crippen LogP contribution in [0.3, 0.4) is 0 Å². The topological polar surface area (TPSA) is 129 Å². The molecule has 5 rings (SSSR count). The molecule has 2 saturated heterocycles. The zero-order valence-electron chi connectivity index (χ0n) is 21.1. The Balaban J connectivity index is 1.59. The first-order chi connectivity index (χ1) is 18.3. The van der Waals surface area contributed by atoms with Crippen molar-refractivity contribution in [2.75, 3.05) is 25.7 Å². The van der Waals surface area contributed by atoms with Gasteiger partial charge in [0.25, 0.3) is 0 Å². The number of imide groups is 1. The fourth-order valence-corrected chi connectivity index (χ4v) is 6.31. The van der Waals surface area contributed by atoms with Crippen LogP contribution in [0.1, 0.15) is 33.9 Å². The third-order valence-corrected chi connectivity index (χ3v) is 8.39. The molecule has 2 amide bonds. The molecular formula is C28H29N3O6S. The summed E-state index contributed by atoms with van der Waals surface area (Å²) in [5.41, 5.74) is 0.864. The van der Waals surface area contributed by atoms with E-state index >= 15 is 0 Å². The quantitative estimate of drug-likeness (QED) is 0.217. The van der Waals surface area contributed by atoms with Crippen LogP contribution in [-0.2, 0) is 25.5 Å². The van der Waals surface area contributed by atoms with Gasteiger partial charge in [-0.1, -0.05) is 30.3 Å². The average Bonchev–Trinajstić information content (AvgIpc) is 3.57. The smallest absolute Gasteiger partial charge is 0.337 e. The number of aromatic amines is 1. The molecule has 2 aromatic carbocycles. The molecule has 0 bridgehead atoms. The minimum absolute atomic E-state index is 0.0158. The molecule has 0 saturated carbocycles. The largest absolute Gasteiger partial charge is 0.480 e. The lowest BCUT2D eigenvalue weighted by Crippen LogP contribution is -2.57. The third-order valence-electron chi connectivity index (χ3n) is 7.69. The predicted molar refractivity (Wildman–Crippen MR) is 143 cm³/mol. The number of carboxylic acids is 1. The second-order valence-corrected chi connectivity index (χ2v) is 10.7. The van der Waals surface area contributed by atoms with E-state index in [9.17, 15) is 24.3 Å². The molecular weight excluding hydrogens is 506 g/mol. The summed E-state index contributed by atoms with van der Waals surface area (Å²) >= 11 is 1.62. The molecule has 9 nitrogen and oxygen atoms in total. The Labute approximate surface area is 223 Å². The number of hydrogen-bond donors (Lipinski definition) is 3. The molecule has 4 atom stereocenters. The van der Waals surface area contributed by atoms with Crippen LogP contribution in [0.4, 0.5) is 0 Å². The lowest BCUT2D eigenvalue weighted by Gasteiger charge is -2.31. The summed E-state index contributed by atoms with van der Waals surface area (Å²) in [6, 6.07) is 13.4. The van der Waals surface area contributed by atoms with Crippen molar-refractivity contribution < 1.29 is 29.0 Å². The number of hydrogen-bond acceptors (Lipinski definition) is 7. The minimum Gasteiger partial charge on any atom is -0.480 e. The highest BCUT2D eigenvalue weighted by Crippen LogP contribution is 2.50. The SMILES string of the molecule is COC(=O)c1ccc(C2NC(Cc3c[nH]c4ccccc34)(C(=O)O)C3C(=O)N(CCCSC)C(=O)C23)cc1. The van der Waals surface area contributed by atoms with Crippen molar-refractivity contribution in [3.05, 3.63) is 71.4 Å². The van der Waals surface area contributed by atoms with Gasteiger partial charge in [-0.2, -0.15) is 11.8 Å². The maximum Gasteiger partial charge on any atom is 0.337 e. The van der Waals surface area contributed by atoms with Gasteiger partial charge in [0.05, 0.1) is 24.5 Å². The van der Waals surface area contributed by atoms with E-state index in [2.05, 4.69) is 10.3 Å². The number of H-pyrrole nitrogens is 1. The highest BCUT2D eigenvalue weighted by atomic mass is 32.2. The summed E-state index contributed by atoms with van der Waals surface area (Å²) in [6.45, 7) is 0.252. The Kier molecular flexibility index (Phi) is 7.02. The molecule has 2 fully saturated rings. The third kappa shape index (κ3) is 4.17. The fraction of sp³-hybridized carbons (Fsp3) is 0.357. The van der Waals surface area contributed by atoms with Gasteiger partial charge in [0, 0.05) is 36.1 Å². The lowest BCUT2D eigenvalue weighted by atomic mass is 9.76. The van der Waals surface area contributed by atoms with E-state index in [1.54, 1.807) is 42.2 Å². The van der Waals surface area contributed by atoms with Gasteiger partial charge in [-0.3, -0.25) is 24.6 Å². The van der Waals surface area contributed by atoms with Crippen LogP contribution < -0.4 is 5.32 Å². The number of carbonyl (C=O) groups is 4. The number of nitrogens with zero attached hydrogens (tertiary/aromatic N) is 1. The van der Waals surface area contributed by atoms with Crippen molar-refractivity contribution in [3.8, 4) is 0 Å². The summed E-state index contributed by atoms with van der Waals surface area (Å²) < 4.78 is 4.78. The van der Waals surface area contributed by atoms with Crippen molar-refractivity contribution in [2.24, 2.45) is 11.8 Å². The number of nitrogens with one attached hydrogen (secondary N) is 2. The van der Waals surface area contributed by atoms with Crippen molar-refractivity contribution in [1.82, 2.24) is 15.2 Å². The molecule has 3 N–H and O–H groups in total. The van der Waals surface area contributed by atoms with Gasteiger partial charge in [-0.25, -0.2) is 4.79 Å². The van der Waals surface area contributed by atoms with Crippen molar-refractivity contribution in [3.63, 3.8) is 0 Å². The van der Waals surface area contributed by atoms with Crippen molar-refractivity contribution in [2.45, 2.75) is 24.4 Å². The number of fused-ring (bicyclic) bond motifs is 2. The van der Waals surface area contributed by atoms with Crippen LogP contribution in [0.5, 0.6) is 0 Å². The number of esters is 1. The highest BCUT2D eigenvalue weighted by molar-refractivity contribution is 7.98. The molecule has 0 spiro atoms. The van der Waals surface area contributed by atoms with Crippen molar-refractivity contribution in [1.29, 1.82) is 0 Å². The predicted octanol–water partition coefficient (Wildman–Crippen LogP) is 3.02. The molecule has 0 radical (unpaired) electrons. The lowest BCUT2D eigenvalue weighted by molar-refractivity contribution is -0.151. The molecule has 0 aliphatic carbocycles. The number of para-hydroxylation sites is 1. The van der Waals surface area contributed by atoms with Gasteiger partial charge < -0.3 is 14.8 Å². The maximum absolute atomic E-state index is 13.8. The van der Waals surface area contributed by atoms with E-state index in [-0.39, 0.29) is 18.9 Å². The van der Waals surface area contributed by atoms with Gasteiger partial charge in [0.1, 0.15) is 5.54 Å². The first kappa shape index (κ1) is 26.0. The fourth-order valence-electron chi connectivity index (χ4n) is 5.89. The number of likely N-dealkylation sites (tertiary alicyclic amines) is 1. The molecule has 198 valence electrons. The second kappa shape index (κ2) is 10.3. The van der Waals surface area contributed by atoms with Crippen molar-refractivity contribution >= 4 is 46.4 Å². The summed E-state index contributed by atoms with van der Waals surface area (Å²) in [7, 11) is 1.29. The van der Waals surface area contributed by atoms with Crippen LogP contribution in [0.15, 0.2) is 54.7 Å². The number of benzene rings is 2. The van der Waals surface area contributed by atoms with Crippen LogP contribution in [-0.4, -0.2) is 69.9 Å². The van der Waals surface area contributed by atoms with Crippen LogP contribution in [0, 0.1) is 11.8 Å². The van der Waals surface area contributed by atoms with E-state index < -0.39 is 41.3 Å². The Morgan fingerprint density at radius 1 is 1.11 bits per heavy atom. The molecule has 2 aliphatic rings. The normalized spacial score (nSPS) is 24.7. The Morgan fingerprint density at radius 3 is 2.53 bits per heavy atom. The number of ether oxygens (including phenoxy) is 1. The molecule has 2 aliphatic heterocycles. The van der Waals surface area contributed by atoms with Gasteiger partial charge in [0.2, 0.25) is 11.8 Å². The second-order valence-electron chi connectivity index (χ2n) is 9.73. The zero-order valence-corrected chi connectivity index (χ0v) is 21.9. The summed E-state index contributed by atoms with van der Waals surface area (Å²) in [5.74, 6) is -3.69. The number of carbonyl (C=O) groups excluding carboxylic acids is 3. The summed E-state index contributed by atoms with van der Waals surface area (Å²) in [6.07, 6.45) is 4.37. The summed E-state index contributed by atoms with van der Waals surface area (Å²) in [5, 5.41) is 14.8. The molecule has 1 aromatic heterocycles. The van der Waals surface area contributed by atoms with Crippen LogP contribution in [0.25, 0.3) is 10.9 Å². The first-order valence-electron chi connectivity index (χ1n) is 12.4. The van der Waals surface area contributed by atoms with E-state index in [1.165, 1.54) is 12.0 Å². The van der Waals surface area contributed by atoms with E-state index in [0.717, 1.165) is 22.2 Å². The number of aliphatic carboxylic acids is 1. The number of thioether (sulfide) groups is 1. The maximum atomic E-state index is 13.8. The number of amides is 2. The number of aromatic nitrogens is 1. The average molecular weight is 536 g/mol. The number of methoxy groups -OCH3 is 1. The molecule has 3 aromatic rings. The molecule has 3 heterocycles. The minimum atomic E-state index is -1.71. The van der Waals surface area contributed by atoms with Gasteiger partial charge in [-0.05, 0) is 47.8 Å². The Hall–Kier alpha value is -3.63. The number of rotatable bonds is 9. The zero-order chi connectivity index (χ0) is 27.0. The van der Waals surface area contributed by atoms with Crippen LogP contribution >= 0.6 is 11.8 Å². The highest BCUT2D eigenvalue weighted by Gasteiger charge is 2.68. The Morgan fingerprint density at radius 2 is 1.84 bits per heavy atom. The van der Waals surface area contributed by atoms with Crippen LogP contribution in [0.2, 0.25) is 0 Å². The van der Waals surface area contributed by atoms with Gasteiger partial charge in [0.15, 0.2) is 0 Å². The first-order valence-corrected chi connectivity index (χ1v) is 13.8. The molecule has 10 heteroatoms. The van der Waals surface area contributed by atoms with E-state index in [0.29, 0.717) is 17.5 Å². The Bertz CT molecular complexity index is 1400. The van der Waals surface area contributed by atoms with Gasteiger partial charge >= 0.3 is 11.9 Å². The van der Waals surface area contributed by atoms with E-state index in [1.807, 2.05) is 30.5 Å².